The molecule has 0 aliphatic rings. The van der Waals surface area contributed by atoms with Crippen LogP contribution in [-0.2, 0) is 5.41 Å². The second-order valence-electron chi connectivity index (χ2n) is 6.06. The molecule has 2 aromatic rings. The smallest absolute Gasteiger partial charge is 0.281 e. The molecule has 0 saturated carbocycles. The Bertz CT molecular complexity index is 696. The second-order valence-corrected chi connectivity index (χ2v) is 6.50. The lowest BCUT2D eigenvalue weighted by atomic mass is 9.92. The third-order valence-electron chi connectivity index (χ3n) is 3.21. The highest BCUT2D eigenvalue weighted by Crippen LogP contribution is 2.20. The number of benzene rings is 1. The average molecular weight is 319 g/mol. The molecule has 1 heterocycles. The van der Waals surface area contributed by atoms with Gasteiger partial charge in [0.2, 0.25) is 0 Å². The predicted molar refractivity (Wildman–Crippen MR) is 88.4 cm³/mol. The molecule has 0 aliphatic carbocycles. The van der Waals surface area contributed by atoms with Crippen LogP contribution >= 0.6 is 11.6 Å². The Hall–Kier alpha value is -2.14. The molecule has 0 fully saturated rings. The Balaban J connectivity index is 2.07. The maximum Gasteiger partial charge on any atom is 0.291 e. The van der Waals surface area contributed by atoms with Crippen molar-refractivity contribution >= 4 is 23.2 Å². The summed E-state index contributed by atoms with van der Waals surface area (Å²) in [5.41, 5.74) is 5.22. The van der Waals surface area contributed by atoms with Crippen LogP contribution < -0.4 is 5.43 Å². The van der Waals surface area contributed by atoms with Gasteiger partial charge in [-0.25, -0.2) is 5.43 Å². The SMILES string of the molecule is C/C(=N\NC(=O)c1cc(C(C)(C)C)[nH]n1)c1ccc(Cl)cc1. The van der Waals surface area contributed by atoms with Crippen molar-refractivity contribution in [3.8, 4) is 0 Å². The van der Waals surface area contributed by atoms with Gasteiger partial charge in [-0.3, -0.25) is 9.89 Å². The quantitative estimate of drug-likeness (QED) is 0.671. The van der Waals surface area contributed by atoms with E-state index in [1.165, 1.54) is 0 Å². The predicted octanol–water partition coefficient (Wildman–Crippen LogP) is 3.51. The van der Waals surface area contributed by atoms with Crippen LogP contribution in [0.2, 0.25) is 5.02 Å². The number of nitrogens with one attached hydrogen (secondary N) is 2. The van der Waals surface area contributed by atoms with Gasteiger partial charge in [-0.05, 0) is 30.7 Å². The summed E-state index contributed by atoms with van der Waals surface area (Å²) in [5, 5.41) is 11.7. The van der Waals surface area contributed by atoms with Crippen LogP contribution in [0.15, 0.2) is 35.4 Å². The lowest BCUT2D eigenvalue weighted by Gasteiger charge is -2.14. The molecule has 0 spiro atoms. The Morgan fingerprint density at radius 1 is 1.27 bits per heavy atom. The number of amides is 1. The molecule has 0 unspecified atom stereocenters. The van der Waals surface area contributed by atoms with E-state index in [1.807, 2.05) is 39.8 Å². The molecular weight excluding hydrogens is 300 g/mol. The van der Waals surface area contributed by atoms with E-state index in [9.17, 15) is 4.79 Å². The fourth-order valence-electron chi connectivity index (χ4n) is 1.77. The van der Waals surface area contributed by atoms with E-state index >= 15 is 0 Å². The van der Waals surface area contributed by atoms with Crippen molar-refractivity contribution in [3.63, 3.8) is 0 Å². The fraction of sp³-hybridized carbons (Fsp3) is 0.312. The Labute approximate surface area is 134 Å². The van der Waals surface area contributed by atoms with Crippen molar-refractivity contribution in [3.05, 3.63) is 52.3 Å². The van der Waals surface area contributed by atoms with Gasteiger partial charge in [0.1, 0.15) is 0 Å². The maximum absolute atomic E-state index is 12.1. The van der Waals surface area contributed by atoms with Crippen LogP contribution in [0.3, 0.4) is 0 Å². The van der Waals surface area contributed by atoms with Gasteiger partial charge in [0.25, 0.3) is 5.91 Å². The minimum Gasteiger partial charge on any atom is -0.281 e. The normalized spacial score (nSPS) is 12.3. The summed E-state index contributed by atoms with van der Waals surface area (Å²) in [4.78, 5) is 12.1. The molecule has 1 amide bonds. The minimum absolute atomic E-state index is 0.0893. The number of H-pyrrole nitrogens is 1. The molecule has 2 N–H and O–H groups in total. The van der Waals surface area contributed by atoms with Gasteiger partial charge in [-0.15, -0.1) is 0 Å². The highest BCUT2D eigenvalue weighted by molar-refractivity contribution is 6.30. The summed E-state index contributed by atoms with van der Waals surface area (Å²) in [5.74, 6) is -0.347. The van der Waals surface area contributed by atoms with Gasteiger partial charge in [0, 0.05) is 16.1 Å². The van der Waals surface area contributed by atoms with E-state index in [0.29, 0.717) is 16.4 Å². The van der Waals surface area contributed by atoms with Gasteiger partial charge in [-0.2, -0.15) is 10.2 Å². The molecule has 0 atom stereocenters. The lowest BCUT2D eigenvalue weighted by Crippen LogP contribution is -2.19. The first-order valence-corrected chi connectivity index (χ1v) is 7.31. The van der Waals surface area contributed by atoms with Gasteiger partial charge < -0.3 is 0 Å². The van der Waals surface area contributed by atoms with Gasteiger partial charge in [-0.1, -0.05) is 44.5 Å². The number of aromatic nitrogens is 2. The molecule has 5 nitrogen and oxygen atoms in total. The van der Waals surface area contributed by atoms with Crippen molar-refractivity contribution in [1.82, 2.24) is 15.6 Å². The first kappa shape index (κ1) is 16.2. The van der Waals surface area contributed by atoms with Crippen molar-refractivity contribution in [1.29, 1.82) is 0 Å². The molecule has 0 radical (unpaired) electrons. The van der Waals surface area contributed by atoms with Crippen LogP contribution in [0, 0.1) is 0 Å². The number of hydrogen-bond donors (Lipinski definition) is 2. The highest BCUT2D eigenvalue weighted by atomic mass is 35.5. The Kier molecular flexibility index (Phi) is 4.66. The van der Waals surface area contributed by atoms with Crippen molar-refractivity contribution in [2.75, 3.05) is 0 Å². The van der Waals surface area contributed by atoms with Crippen molar-refractivity contribution in [2.24, 2.45) is 5.10 Å². The topological polar surface area (TPSA) is 70.1 Å². The average Bonchev–Trinajstić information content (AvgIpc) is 2.95. The lowest BCUT2D eigenvalue weighted by molar-refractivity contribution is 0.0950. The number of halogens is 1. The third-order valence-corrected chi connectivity index (χ3v) is 3.46. The van der Waals surface area contributed by atoms with E-state index < -0.39 is 0 Å². The molecule has 6 heteroatoms. The Morgan fingerprint density at radius 3 is 2.45 bits per heavy atom. The molecule has 0 bridgehead atoms. The van der Waals surface area contributed by atoms with Crippen LogP contribution in [0.4, 0.5) is 0 Å². The van der Waals surface area contributed by atoms with E-state index in [1.54, 1.807) is 18.2 Å². The van der Waals surface area contributed by atoms with E-state index in [-0.39, 0.29) is 11.3 Å². The Morgan fingerprint density at radius 2 is 1.91 bits per heavy atom. The summed E-state index contributed by atoms with van der Waals surface area (Å²) < 4.78 is 0. The summed E-state index contributed by atoms with van der Waals surface area (Å²) >= 11 is 5.84. The summed E-state index contributed by atoms with van der Waals surface area (Å²) in [6.45, 7) is 7.95. The zero-order valence-electron chi connectivity index (χ0n) is 13.1. The monoisotopic (exact) mass is 318 g/mol. The van der Waals surface area contributed by atoms with Crippen molar-refractivity contribution < 1.29 is 4.79 Å². The zero-order chi connectivity index (χ0) is 16.3. The number of hydrogen-bond acceptors (Lipinski definition) is 3. The molecular formula is C16H19ClN4O. The highest BCUT2D eigenvalue weighted by Gasteiger charge is 2.19. The second kappa shape index (κ2) is 6.32. The molecule has 0 saturated heterocycles. The van der Waals surface area contributed by atoms with E-state index in [4.69, 9.17) is 11.6 Å². The van der Waals surface area contributed by atoms with E-state index in [0.717, 1.165) is 11.3 Å². The minimum atomic E-state index is -0.347. The number of carbonyl (C=O) groups excluding carboxylic acids is 1. The number of carbonyl (C=O) groups is 1. The number of nitrogens with zero attached hydrogens (tertiary/aromatic N) is 2. The van der Waals surface area contributed by atoms with E-state index in [2.05, 4.69) is 20.7 Å². The number of rotatable bonds is 3. The summed E-state index contributed by atoms with van der Waals surface area (Å²) in [6.07, 6.45) is 0. The molecule has 2 rings (SSSR count). The van der Waals surface area contributed by atoms with Gasteiger partial charge in [0.15, 0.2) is 5.69 Å². The number of hydrazone groups is 1. The van der Waals surface area contributed by atoms with Crippen LogP contribution in [0.25, 0.3) is 0 Å². The first-order valence-electron chi connectivity index (χ1n) is 6.94. The fourth-order valence-corrected chi connectivity index (χ4v) is 1.90. The first-order chi connectivity index (χ1) is 10.3. The molecule has 1 aromatic heterocycles. The van der Waals surface area contributed by atoms with Crippen LogP contribution in [-0.4, -0.2) is 21.8 Å². The molecule has 116 valence electrons. The van der Waals surface area contributed by atoms with Crippen LogP contribution in [0.1, 0.15) is 49.4 Å². The molecule has 22 heavy (non-hydrogen) atoms. The van der Waals surface area contributed by atoms with Crippen molar-refractivity contribution in [2.45, 2.75) is 33.1 Å². The molecule has 1 aromatic carbocycles. The summed E-state index contributed by atoms with van der Waals surface area (Å²) in [6, 6.07) is 8.99. The third kappa shape index (κ3) is 3.95. The van der Waals surface area contributed by atoms with Gasteiger partial charge >= 0.3 is 0 Å². The van der Waals surface area contributed by atoms with Gasteiger partial charge in [0.05, 0.1) is 5.71 Å². The maximum atomic E-state index is 12.1. The number of aromatic amines is 1. The summed E-state index contributed by atoms with van der Waals surface area (Å²) in [7, 11) is 0. The molecule has 0 aliphatic heterocycles. The van der Waals surface area contributed by atoms with Crippen LogP contribution in [0.5, 0.6) is 0 Å². The standard InChI is InChI=1S/C16H19ClN4O/c1-10(11-5-7-12(17)8-6-11)18-21-15(22)13-9-14(20-19-13)16(2,3)4/h5-9H,1-4H3,(H,19,20)(H,21,22)/b18-10+. The largest absolute Gasteiger partial charge is 0.291 e. The zero-order valence-corrected chi connectivity index (χ0v) is 13.8.